The first-order chi connectivity index (χ1) is 9.23. The zero-order valence-electron chi connectivity index (χ0n) is 10.6. The molecular weight excluding hydrogens is 272 g/mol. The number of hydrogen-bond donors (Lipinski definition) is 7. The van der Waals surface area contributed by atoms with Crippen molar-refractivity contribution in [1.82, 2.24) is 10.6 Å². The summed E-state index contributed by atoms with van der Waals surface area (Å²) in [5.41, 5.74) is 5.04. The van der Waals surface area contributed by atoms with Crippen LogP contribution in [-0.2, 0) is 14.4 Å². The molecule has 8 N–H and O–H groups in total. The summed E-state index contributed by atoms with van der Waals surface area (Å²) in [5.74, 6) is -4.30. The van der Waals surface area contributed by atoms with Gasteiger partial charge in [-0.15, -0.1) is 0 Å². The molecule has 0 heterocycles. The Balaban J connectivity index is 4.42. The van der Waals surface area contributed by atoms with Crippen LogP contribution in [0.5, 0.6) is 0 Å². The van der Waals surface area contributed by atoms with Crippen LogP contribution < -0.4 is 16.4 Å². The van der Waals surface area contributed by atoms with E-state index in [-0.39, 0.29) is 18.9 Å². The van der Waals surface area contributed by atoms with Gasteiger partial charge >= 0.3 is 17.9 Å². The van der Waals surface area contributed by atoms with Gasteiger partial charge < -0.3 is 26.4 Å². The smallest absolute Gasteiger partial charge is 0.321 e. The summed E-state index contributed by atoms with van der Waals surface area (Å²) >= 11 is 0. The number of rotatable bonds is 10. The molecule has 0 aromatic heterocycles. The molecule has 114 valence electrons. The minimum absolute atomic E-state index is 0.0685. The Morgan fingerprint density at radius 1 is 1.10 bits per heavy atom. The van der Waals surface area contributed by atoms with Gasteiger partial charge in [-0.1, -0.05) is 0 Å². The molecule has 0 radical (unpaired) electrons. The van der Waals surface area contributed by atoms with E-state index in [1.165, 1.54) is 0 Å². The average molecular weight is 290 g/mol. The summed E-state index contributed by atoms with van der Waals surface area (Å²) in [6.07, 6.45) is -0.327. The first kappa shape index (κ1) is 17.6. The lowest BCUT2D eigenvalue weighted by Gasteiger charge is -2.19. The number of guanidine groups is 1. The van der Waals surface area contributed by atoms with E-state index < -0.39 is 36.4 Å². The number of nitrogens with one attached hydrogen (secondary N) is 3. The maximum Gasteiger partial charge on any atom is 0.321 e. The highest BCUT2D eigenvalue weighted by atomic mass is 16.4. The van der Waals surface area contributed by atoms with E-state index in [4.69, 9.17) is 26.5 Å². The van der Waals surface area contributed by atoms with Gasteiger partial charge in [0.25, 0.3) is 0 Å². The zero-order chi connectivity index (χ0) is 15.7. The third kappa shape index (κ3) is 7.87. The molecule has 2 unspecified atom stereocenters. The normalized spacial score (nSPS) is 13.2. The minimum Gasteiger partial charge on any atom is -0.481 e. The summed E-state index contributed by atoms with van der Waals surface area (Å²) < 4.78 is 0. The van der Waals surface area contributed by atoms with E-state index in [1.807, 2.05) is 0 Å². The number of aliphatic carboxylic acids is 3. The molecule has 0 spiro atoms. The highest BCUT2D eigenvalue weighted by Gasteiger charge is 2.27. The second kappa shape index (κ2) is 8.69. The van der Waals surface area contributed by atoms with Gasteiger partial charge in [0, 0.05) is 6.54 Å². The number of nitrogens with two attached hydrogens (primary N) is 1. The van der Waals surface area contributed by atoms with Crippen molar-refractivity contribution in [2.45, 2.75) is 31.3 Å². The van der Waals surface area contributed by atoms with Crippen LogP contribution in [0.1, 0.15) is 19.3 Å². The molecule has 0 amide bonds. The first-order valence-corrected chi connectivity index (χ1v) is 5.75. The molecule has 0 fully saturated rings. The highest BCUT2D eigenvalue weighted by Crippen LogP contribution is 2.02. The molecule has 0 aromatic rings. The van der Waals surface area contributed by atoms with Crippen LogP contribution in [0.3, 0.4) is 0 Å². The second-order valence-electron chi connectivity index (χ2n) is 4.03. The quantitative estimate of drug-likeness (QED) is 0.139. The van der Waals surface area contributed by atoms with Crippen LogP contribution in [0, 0.1) is 5.41 Å². The monoisotopic (exact) mass is 290 g/mol. The lowest BCUT2D eigenvalue weighted by atomic mass is 10.1. The Bertz CT molecular complexity index is 386. The van der Waals surface area contributed by atoms with Crippen molar-refractivity contribution in [3.63, 3.8) is 0 Å². The van der Waals surface area contributed by atoms with Crippen molar-refractivity contribution in [2.75, 3.05) is 6.54 Å². The van der Waals surface area contributed by atoms with Crippen molar-refractivity contribution in [1.29, 1.82) is 5.41 Å². The molecule has 0 saturated heterocycles. The zero-order valence-corrected chi connectivity index (χ0v) is 10.6. The van der Waals surface area contributed by atoms with Gasteiger partial charge in [0.15, 0.2) is 5.96 Å². The minimum atomic E-state index is -1.48. The van der Waals surface area contributed by atoms with Crippen molar-refractivity contribution in [2.24, 2.45) is 5.73 Å². The van der Waals surface area contributed by atoms with Crippen molar-refractivity contribution in [3.8, 4) is 0 Å². The molecule has 20 heavy (non-hydrogen) atoms. The van der Waals surface area contributed by atoms with Gasteiger partial charge in [-0.2, -0.15) is 0 Å². The van der Waals surface area contributed by atoms with Crippen LogP contribution in [0.25, 0.3) is 0 Å². The van der Waals surface area contributed by atoms with Gasteiger partial charge in [0.1, 0.15) is 12.1 Å². The van der Waals surface area contributed by atoms with Crippen molar-refractivity contribution < 1.29 is 29.7 Å². The Kier molecular flexibility index (Phi) is 7.67. The van der Waals surface area contributed by atoms with E-state index in [9.17, 15) is 14.4 Å². The van der Waals surface area contributed by atoms with Gasteiger partial charge in [-0.25, -0.2) is 0 Å². The van der Waals surface area contributed by atoms with E-state index in [2.05, 4.69) is 10.6 Å². The molecule has 0 aliphatic rings. The van der Waals surface area contributed by atoms with Gasteiger partial charge in [0.2, 0.25) is 0 Å². The Morgan fingerprint density at radius 2 is 1.65 bits per heavy atom. The Hall–Kier alpha value is -2.36. The topological polar surface area (TPSA) is 186 Å². The Morgan fingerprint density at radius 3 is 2.05 bits per heavy atom. The highest BCUT2D eigenvalue weighted by molar-refractivity contribution is 5.82. The molecule has 0 aliphatic carbocycles. The molecule has 2 atom stereocenters. The molecule has 0 aliphatic heterocycles. The fraction of sp³-hybridized carbons (Fsp3) is 0.600. The number of carbonyl (C=O) groups is 3. The number of hydrogen-bond acceptors (Lipinski definition) is 5. The number of carboxylic acids is 3. The summed E-state index contributed by atoms with van der Waals surface area (Å²) in [5, 5.41) is 38.0. The van der Waals surface area contributed by atoms with Crippen LogP contribution >= 0.6 is 0 Å². The fourth-order valence-electron chi connectivity index (χ4n) is 1.44. The third-order valence-electron chi connectivity index (χ3n) is 2.36. The molecule has 0 bridgehead atoms. The van der Waals surface area contributed by atoms with Crippen LogP contribution in [0.15, 0.2) is 0 Å². The lowest BCUT2D eigenvalue weighted by molar-refractivity contribution is -0.147. The average Bonchev–Trinajstić information content (AvgIpc) is 2.30. The summed E-state index contributed by atoms with van der Waals surface area (Å²) in [7, 11) is 0. The molecule has 0 rings (SSSR count). The molecule has 10 heteroatoms. The molecule has 0 aromatic carbocycles. The largest absolute Gasteiger partial charge is 0.481 e. The SMILES string of the molecule is N=C(N)NCCCC(NC(CC(=O)O)C(=O)O)C(=O)O. The summed E-state index contributed by atoms with van der Waals surface area (Å²) in [4.78, 5) is 32.3. The molecule has 10 nitrogen and oxygen atoms in total. The van der Waals surface area contributed by atoms with Gasteiger partial charge in [-0.3, -0.25) is 25.1 Å². The van der Waals surface area contributed by atoms with Crippen molar-refractivity contribution in [3.05, 3.63) is 0 Å². The van der Waals surface area contributed by atoms with E-state index in [1.54, 1.807) is 0 Å². The predicted molar refractivity (Wildman–Crippen MR) is 67.4 cm³/mol. The van der Waals surface area contributed by atoms with Gasteiger partial charge in [0.05, 0.1) is 6.42 Å². The number of carboxylic acid groups (broad SMARTS) is 3. The van der Waals surface area contributed by atoms with E-state index >= 15 is 0 Å². The van der Waals surface area contributed by atoms with E-state index in [0.29, 0.717) is 6.42 Å². The van der Waals surface area contributed by atoms with Gasteiger partial charge in [-0.05, 0) is 12.8 Å². The maximum atomic E-state index is 11.0. The van der Waals surface area contributed by atoms with Crippen LogP contribution in [-0.4, -0.2) is 57.8 Å². The molecule has 0 saturated carbocycles. The standard InChI is InChI=1S/C10H18N4O6/c11-10(12)13-3-1-2-5(8(17)18)14-6(9(19)20)4-7(15)16/h5-6,14H,1-4H2,(H,15,16)(H,17,18)(H,19,20)(H4,11,12,13). The lowest BCUT2D eigenvalue weighted by Crippen LogP contribution is -2.48. The molecular formula is C10H18N4O6. The predicted octanol–water partition coefficient (Wildman–Crippen LogP) is -1.78. The van der Waals surface area contributed by atoms with Crippen LogP contribution in [0.2, 0.25) is 0 Å². The first-order valence-electron chi connectivity index (χ1n) is 5.75. The fourth-order valence-corrected chi connectivity index (χ4v) is 1.44. The summed E-state index contributed by atoms with van der Waals surface area (Å²) in [6.45, 7) is 0.261. The Labute approximate surface area is 114 Å². The third-order valence-corrected chi connectivity index (χ3v) is 2.36. The maximum absolute atomic E-state index is 11.0. The van der Waals surface area contributed by atoms with Crippen molar-refractivity contribution >= 4 is 23.9 Å². The second-order valence-corrected chi connectivity index (χ2v) is 4.03. The summed E-state index contributed by atoms with van der Waals surface area (Å²) in [6, 6.07) is -2.67. The van der Waals surface area contributed by atoms with E-state index in [0.717, 1.165) is 0 Å². The van der Waals surface area contributed by atoms with Crippen LogP contribution in [0.4, 0.5) is 0 Å².